The van der Waals surface area contributed by atoms with Gasteiger partial charge < -0.3 is 5.73 Å². The molecule has 1 atom stereocenters. The third-order valence-electron chi connectivity index (χ3n) is 2.79. The number of nitrogens with two attached hydrogens (primary N) is 1. The first-order valence-corrected chi connectivity index (χ1v) is 7.30. The lowest BCUT2D eigenvalue weighted by molar-refractivity contribution is 1.01. The normalized spacial score (nSPS) is 12.1. The number of thioether (sulfide) groups is 1. The molecule has 0 saturated carbocycles. The standard InChI is InChI=1S/C15H15ClN2S/c16-12-7-4-8-13(9-12)19-10-14(15(17)18)11-5-2-1-3-6-11/h1-9,14H,10H2,(H3,17,18). The molecule has 0 amide bonds. The lowest BCUT2D eigenvalue weighted by atomic mass is 10.0. The summed E-state index contributed by atoms with van der Waals surface area (Å²) < 4.78 is 0. The Morgan fingerprint density at radius 1 is 1.16 bits per heavy atom. The van der Waals surface area contributed by atoms with Crippen LogP contribution < -0.4 is 5.73 Å². The van der Waals surface area contributed by atoms with E-state index in [1.54, 1.807) is 11.8 Å². The molecule has 0 radical (unpaired) electrons. The predicted octanol–water partition coefficient (Wildman–Crippen LogP) is 4.15. The molecule has 0 aliphatic rings. The smallest absolute Gasteiger partial charge is 0.0990 e. The van der Waals surface area contributed by atoms with E-state index in [1.165, 1.54) is 0 Å². The third kappa shape index (κ3) is 4.01. The molecule has 2 rings (SSSR count). The summed E-state index contributed by atoms with van der Waals surface area (Å²) in [5, 5.41) is 8.46. The molecule has 98 valence electrons. The zero-order chi connectivity index (χ0) is 13.7. The van der Waals surface area contributed by atoms with Crippen LogP contribution in [0.3, 0.4) is 0 Å². The van der Waals surface area contributed by atoms with Crippen LogP contribution in [0.4, 0.5) is 0 Å². The molecule has 0 bridgehead atoms. The van der Waals surface area contributed by atoms with Crippen molar-refractivity contribution in [2.24, 2.45) is 5.73 Å². The lowest BCUT2D eigenvalue weighted by Gasteiger charge is -2.15. The fourth-order valence-electron chi connectivity index (χ4n) is 1.79. The summed E-state index contributed by atoms with van der Waals surface area (Å²) in [7, 11) is 0. The average molecular weight is 291 g/mol. The highest BCUT2D eigenvalue weighted by atomic mass is 35.5. The zero-order valence-corrected chi connectivity index (χ0v) is 11.9. The molecule has 2 nitrogen and oxygen atoms in total. The zero-order valence-electron chi connectivity index (χ0n) is 10.3. The first kappa shape index (κ1) is 14.0. The van der Waals surface area contributed by atoms with Gasteiger partial charge in [-0.05, 0) is 23.8 Å². The molecule has 2 aromatic carbocycles. The van der Waals surface area contributed by atoms with Gasteiger partial charge in [-0.25, -0.2) is 0 Å². The number of benzene rings is 2. The molecule has 0 aliphatic heterocycles. The maximum atomic E-state index is 7.74. The fraction of sp³-hybridized carbons (Fsp3) is 0.133. The first-order valence-electron chi connectivity index (χ1n) is 5.94. The maximum Gasteiger partial charge on any atom is 0.0990 e. The van der Waals surface area contributed by atoms with Crippen LogP contribution in [0.1, 0.15) is 11.5 Å². The van der Waals surface area contributed by atoms with Crippen molar-refractivity contribution in [1.29, 1.82) is 5.41 Å². The van der Waals surface area contributed by atoms with Crippen molar-refractivity contribution in [3.8, 4) is 0 Å². The van der Waals surface area contributed by atoms with Gasteiger partial charge in [0.2, 0.25) is 0 Å². The lowest BCUT2D eigenvalue weighted by Crippen LogP contribution is -2.22. The van der Waals surface area contributed by atoms with Crippen LogP contribution in [0.25, 0.3) is 0 Å². The molecule has 0 aliphatic carbocycles. The minimum Gasteiger partial charge on any atom is -0.387 e. The van der Waals surface area contributed by atoms with E-state index in [0.717, 1.165) is 21.2 Å². The molecule has 1 unspecified atom stereocenters. The van der Waals surface area contributed by atoms with Gasteiger partial charge in [0.15, 0.2) is 0 Å². The van der Waals surface area contributed by atoms with Crippen LogP contribution in [0.15, 0.2) is 59.5 Å². The van der Waals surface area contributed by atoms with Crippen molar-refractivity contribution in [3.05, 3.63) is 65.2 Å². The molecule has 2 aromatic rings. The number of hydrogen-bond donors (Lipinski definition) is 2. The summed E-state index contributed by atoms with van der Waals surface area (Å²) in [6.07, 6.45) is 0. The Morgan fingerprint density at radius 2 is 1.89 bits per heavy atom. The second-order valence-corrected chi connectivity index (χ2v) is 5.72. The number of halogens is 1. The Balaban J connectivity index is 2.08. The summed E-state index contributed by atoms with van der Waals surface area (Å²) in [6.45, 7) is 0. The van der Waals surface area contributed by atoms with E-state index in [4.69, 9.17) is 22.7 Å². The van der Waals surface area contributed by atoms with Gasteiger partial charge in [-0.3, -0.25) is 5.41 Å². The van der Waals surface area contributed by atoms with E-state index < -0.39 is 0 Å². The van der Waals surface area contributed by atoms with Gasteiger partial charge in [0, 0.05) is 15.7 Å². The summed E-state index contributed by atoms with van der Waals surface area (Å²) in [6, 6.07) is 17.6. The Morgan fingerprint density at radius 3 is 2.53 bits per heavy atom. The summed E-state index contributed by atoms with van der Waals surface area (Å²) >= 11 is 7.62. The summed E-state index contributed by atoms with van der Waals surface area (Å²) in [5.41, 5.74) is 6.78. The van der Waals surface area contributed by atoms with E-state index in [2.05, 4.69) is 0 Å². The van der Waals surface area contributed by atoms with Crippen molar-refractivity contribution in [1.82, 2.24) is 0 Å². The number of amidine groups is 1. The van der Waals surface area contributed by atoms with E-state index in [0.29, 0.717) is 0 Å². The molecule has 0 heterocycles. The Kier molecular flexibility index (Phi) is 4.88. The highest BCUT2D eigenvalue weighted by molar-refractivity contribution is 7.99. The third-order valence-corrected chi connectivity index (χ3v) is 4.11. The van der Waals surface area contributed by atoms with E-state index in [1.807, 2.05) is 54.6 Å². The van der Waals surface area contributed by atoms with Crippen LogP contribution in [-0.2, 0) is 0 Å². The van der Waals surface area contributed by atoms with E-state index in [9.17, 15) is 0 Å². The van der Waals surface area contributed by atoms with Crippen LogP contribution >= 0.6 is 23.4 Å². The van der Waals surface area contributed by atoms with Crippen molar-refractivity contribution in [2.75, 3.05) is 5.75 Å². The summed E-state index contributed by atoms with van der Waals surface area (Å²) in [5.74, 6) is 0.866. The Hall–Kier alpha value is -1.45. The van der Waals surface area contributed by atoms with Gasteiger partial charge in [-0.15, -0.1) is 11.8 Å². The highest BCUT2D eigenvalue weighted by Gasteiger charge is 2.14. The van der Waals surface area contributed by atoms with E-state index in [-0.39, 0.29) is 11.8 Å². The van der Waals surface area contributed by atoms with Crippen LogP contribution in [0.5, 0.6) is 0 Å². The highest BCUT2D eigenvalue weighted by Crippen LogP contribution is 2.27. The van der Waals surface area contributed by atoms with Gasteiger partial charge in [0.05, 0.1) is 11.8 Å². The monoisotopic (exact) mass is 290 g/mol. The number of rotatable bonds is 5. The van der Waals surface area contributed by atoms with Crippen LogP contribution in [0, 0.1) is 5.41 Å². The summed E-state index contributed by atoms with van der Waals surface area (Å²) in [4.78, 5) is 1.09. The Bertz CT molecular complexity index is 557. The van der Waals surface area contributed by atoms with Crippen LogP contribution in [0.2, 0.25) is 5.02 Å². The van der Waals surface area contributed by atoms with Gasteiger partial charge >= 0.3 is 0 Å². The molecule has 3 N–H and O–H groups in total. The van der Waals surface area contributed by atoms with Crippen molar-refractivity contribution >= 4 is 29.2 Å². The van der Waals surface area contributed by atoms with Gasteiger partial charge in [0.25, 0.3) is 0 Å². The second-order valence-electron chi connectivity index (χ2n) is 4.19. The van der Waals surface area contributed by atoms with Crippen LogP contribution in [-0.4, -0.2) is 11.6 Å². The maximum absolute atomic E-state index is 7.74. The molecule has 0 saturated heterocycles. The number of nitrogens with one attached hydrogen (secondary N) is 1. The second kappa shape index (κ2) is 6.64. The molecule has 0 fully saturated rings. The average Bonchev–Trinajstić information content (AvgIpc) is 2.40. The topological polar surface area (TPSA) is 49.9 Å². The number of hydrogen-bond acceptors (Lipinski definition) is 2. The minimum absolute atomic E-state index is 0.0646. The SMILES string of the molecule is N=C(N)C(CSc1cccc(Cl)c1)c1ccccc1. The van der Waals surface area contributed by atoms with Crippen molar-refractivity contribution < 1.29 is 0 Å². The Labute approximate surface area is 122 Å². The first-order chi connectivity index (χ1) is 9.16. The quantitative estimate of drug-likeness (QED) is 0.494. The molecular formula is C15H15ClN2S. The van der Waals surface area contributed by atoms with Crippen molar-refractivity contribution in [2.45, 2.75) is 10.8 Å². The minimum atomic E-state index is -0.0646. The molecule has 19 heavy (non-hydrogen) atoms. The van der Waals surface area contributed by atoms with E-state index >= 15 is 0 Å². The van der Waals surface area contributed by atoms with Gasteiger partial charge in [-0.2, -0.15) is 0 Å². The molecular weight excluding hydrogens is 276 g/mol. The molecule has 4 heteroatoms. The molecule has 0 spiro atoms. The van der Waals surface area contributed by atoms with Crippen molar-refractivity contribution in [3.63, 3.8) is 0 Å². The van der Waals surface area contributed by atoms with Gasteiger partial charge in [-0.1, -0.05) is 48.0 Å². The molecule has 0 aromatic heterocycles. The van der Waals surface area contributed by atoms with Gasteiger partial charge in [0.1, 0.15) is 0 Å². The fourth-order valence-corrected chi connectivity index (χ4v) is 3.16. The predicted molar refractivity (Wildman–Crippen MR) is 83.3 cm³/mol. The largest absolute Gasteiger partial charge is 0.387 e.